The number of aliphatic hydroxyl groups is 7. The van der Waals surface area contributed by atoms with Crippen LogP contribution >= 0.6 is 7.82 Å². The van der Waals surface area contributed by atoms with E-state index in [1.807, 2.05) is 0 Å². The molecule has 46 heavy (non-hydrogen) atoms. The summed E-state index contributed by atoms with van der Waals surface area (Å²) in [6, 6.07) is 0. The molecule has 2 saturated heterocycles. The van der Waals surface area contributed by atoms with Gasteiger partial charge in [-0.25, -0.2) is 4.57 Å². The van der Waals surface area contributed by atoms with Crippen molar-refractivity contribution in [2.24, 2.45) is 0 Å². The molecule has 2 aliphatic heterocycles. The molecule has 0 spiro atoms. The van der Waals surface area contributed by atoms with Crippen LogP contribution in [0.5, 0.6) is 0 Å². The standard InChI is InChI=1S/C16H31O16P.C12H27N/c17-1-2-29-15-13(22)11(20)9(18)7(30-15)5-27-3-4-28-6-8-10(19)12(21)14(23)16(31-8)32-33(24,25)26;1-4-7-10-13(11-8-5-2)12-9-6-3/h7-23H,1-6H2,(H2,24,25,26);4-12H2,1-3H3/t7-,8+,9+,10-,11+,12-,13-,14+,15-,16-;/m1./s1. The van der Waals surface area contributed by atoms with E-state index in [9.17, 15) is 35.2 Å². The Kier molecular flexibility index (Phi) is 22.6. The third-order valence-electron chi connectivity index (χ3n) is 7.37. The monoisotopic (exact) mass is 695 g/mol. The Morgan fingerprint density at radius 2 is 1.04 bits per heavy atom. The summed E-state index contributed by atoms with van der Waals surface area (Å²) in [4.78, 5) is 20.3. The number of aliphatic hydroxyl groups excluding tert-OH is 7. The molecular formula is C28H58NO16P. The van der Waals surface area contributed by atoms with Gasteiger partial charge in [0.05, 0.1) is 39.6 Å². The number of phosphoric ester groups is 1. The van der Waals surface area contributed by atoms with E-state index < -0.39 is 69.2 Å². The van der Waals surface area contributed by atoms with Gasteiger partial charge in [-0.05, 0) is 38.9 Å². The summed E-state index contributed by atoms with van der Waals surface area (Å²) in [7, 11) is -5.05. The summed E-state index contributed by atoms with van der Waals surface area (Å²) >= 11 is 0. The Morgan fingerprint density at radius 1 is 0.630 bits per heavy atom. The zero-order chi connectivity index (χ0) is 34.7. The molecule has 0 saturated carbocycles. The van der Waals surface area contributed by atoms with Crippen LogP contribution in [-0.2, 0) is 32.8 Å². The van der Waals surface area contributed by atoms with Gasteiger partial charge in [0.1, 0.15) is 48.8 Å². The van der Waals surface area contributed by atoms with Crippen molar-refractivity contribution in [3.8, 4) is 0 Å². The third-order valence-corrected chi connectivity index (χ3v) is 7.85. The Bertz CT molecular complexity index is 792. The molecule has 2 aliphatic rings. The number of hydrogen-bond donors (Lipinski definition) is 9. The summed E-state index contributed by atoms with van der Waals surface area (Å²) in [5.74, 6) is 0. The minimum absolute atomic E-state index is 0.0657. The molecular weight excluding hydrogens is 637 g/mol. The SMILES string of the molecule is CCCCN(CCCC)CCCC.O=P(O)(O)O[C@H]1O[C@@H](COCCOC[C@H]2O[C@@H](OCCO)[C@H](O)[C@@H](O)[C@H]2O)[C@@H](O)[C@@H](O)[C@@H]1O. The fraction of sp³-hybridized carbons (Fsp3) is 1.00. The maximum Gasteiger partial charge on any atom is 0.472 e. The first-order valence-electron chi connectivity index (χ1n) is 16.0. The van der Waals surface area contributed by atoms with E-state index in [1.54, 1.807) is 0 Å². The first-order valence-corrected chi connectivity index (χ1v) is 17.6. The molecule has 2 rings (SSSR count). The summed E-state index contributed by atoms with van der Waals surface area (Å²) in [5, 5.41) is 68.0. The quantitative estimate of drug-likeness (QED) is 0.0486. The van der Waals surface area contributed by atoms with Crippen LogP contribution in [0.1, 0.15) is 59.3 Å². The highest BCUT2D eigenvalue weighted by Crippen LogP contribution is 2.40. The number of nitrogens with zero attached hydrogens (tertiary/aromatic N) is 1. The van der Waals surface area contributed by atoms with Crippen molar-refractivity contribution in [1.82, 2.24) is 4.90 Å². The van der Waals surface area contributed by atoms with Crippen molar-refractivity contribution >= 4 is 7.82 Å². The van der Waals surface area contributed by atoms with Gasteiger partial charge in [0.25, 0.3) is 0 Å². The second-order valence-electron chi connectivity index (χ2n) is 11.3. The van der Waals surface area contributed by atoms with Crippen LogP contribution in [-0.4, -0.2) is 171 Å². The smallest absolute Gasteiger partial charge is 0.394 e. The summed E-state index contributed by atoms with van der Waals surface area (Å²) in [6.07, 6.45) is -7.36. The zero-order valence-corrected chi connectivity index (χ0v) is 28.1. The first kappa shape index (κ1) is 43.6. The van der Waals surface area contributed by atoms with Gasteiger partial charge in [-0.2, -0.15) is 0 Å². The molecule has 0 aromatic heterocycles. The number of hydrogen-bond acceptors (Lipinski definition) is 15. The fourth-order valence-corrected chi connectivity index (χ4v) is 5.08. The number of phosphoric acid groups is 1. The molecule has 9 N–H and O–H groups in total. The van der Waals surface area contributed by atoms with Crippen LogP contribution in [0.4, 0.5) is 0 Å². The minimum atomic E-state index is -5.05. The molecule has 0 amide bonds. The highest BCUT2D eigenvalue weighted by Gasteiger charge is 2.47. The third kappa shape index (κ3) is 16.3. The minimum Gasteiger partial charge on any atom is -0.394 e. The van der Waals surface area contributed by atoms with E-state index in [1.165, 1.54) is 58.2 Å². The predicted octanol–water partition coefficient (Wildman–Crippen LogP) is -1.56. The Labute approximate surface area is 271 Å². The lowest BCUT2D eigenvalue weighted by molar-refractivity contribution is -0.304. The van der Waals surface area contributed by atoms with Gasteiger partial charge in [0.15, 0.2) is 12.6 Å². The Balaban J connectivity index is 0.000000685. The van der Waals surface area contributed by atoms with E-state index in [-0.39, 0.29) is 39.6 Å². The second-order valence-corrected chi connectivity index (χ2v) is 12.5. The summed E-state index contributed by atoms with van der Waals surface area (Å²) in [5.41, 5.74) is 0. The zero-order valence-electron chi connectivity index (χ0n) is 27.2. The number of unbranched alkanes of at least 4 members (excludes halogenated alkanes) is 3. The molecule has 18 heteroatoms. The van der Waals surface area contributed by atoms with Crippen molar-refractivity contribution in [1.29, 1.82) is 0 Å². The van der Waals surface area contributed by atoms with Gasteiger partial charge in [-0.1, -0.05) is 40.0 Å². The molecule has 2 heterocycles. The van der Waals surface area contributed by atoms with Crippen LogP contribution in [0.3, 0.4) is 0 Å². The number of ether oxygens (including phenoxy) is 5. The van der Waals surface area contributed by atoms with E-state index >= 15 is 0 Å². The van der Waals surface area contributed by atoms with Gasteiger partial charge in [-0.15, -0.1) is 0 Å². The maximum atomic E-state index is 10.9. The van der Waals surface area contributed by atoms with Gasteiger partial charge in [0, 0.05) is 0 Å². The number of rotatable bonds is 21. The molecule has 2 fully saturated rings. The first-order chi connectivity index (χ1) is 21.8. The van der Waals surface area contributed by atoms with E-state index in [0.29, 0.717) is 0 Å². The normalized spacial score (nSPS) is 31.9. The topological polar surface area (TPSA) is 258 Å². The average Bonchev–Trinajstić information content (AvgIpc) is 3.02. The molecule has 0 unspecified atom stereocenters. The Hall–Kier alpha value is -0.410. The fourth-order valence-electron chi connectivity index (χ4n) is 4.63. The lowest BCUT2D eigenvalue weighted by Gasteiger charge is -2.40. The Morgan fingerprint density at radius 3 is 1.43 bits per heavy atom. The van der Waals surface area contributed by atoms with Crippen molar-refractivity contribution in [2.45, 2.75) is 121 Å². The van der Waals surface area contributed by atoms with Crippen LogP contribution in [0.2, 0.25) is 0 Å². The van der Waals surface area contributed by atoms with Gasteiger partial charge < -0.3 is 74.1 Å². The van der Waals surface area contributed by atoms with Gasteiger partial charge in [-0.3, -0.25) is 4.52 Å². The van der Waals surface area contributed by atoms with Crippen LogP contribution in [0.15, 0.2) is 0 Å². The van der Waals surface area contributed by atoms with Crippen molar-refractivity contribution in [3.05, 3.63) is 0 Å². The molecule has 0 bridgehead atoms. The lowest BCUT2D eigenvalue weighted by atomic mass is 9.99. The largest absolute Gasteiger partial charge is 0.472 e. The van der Waals surface area contributed by atoms with Crippen LogP contribution in [0, 0.1) is 0 Å². The van der Waals surface area contributed by atoms with E-state index in [4.69, 9.17) is 38.6 Å². The van der Waals surface area contributed by atoms with Crippen LogP contribution < -0.4 is 0 Å². The van der Waals surface area contributed by atoms with Crippen molar-refractivity contribution in [3.63, 3.8) is 0 Å². The molecule has 276 valence electrons. The molecule has 17 nitrogen and oxygen atoms in total. The second kappa shape index (κ2) is 23.9. The summed E-state index contributed by atoms with van der Waals surface area (Å²) < 4.78 is 41.2. The van der Waals surface area contributed by atoms with Gasteiger partial charge in [0.2, 0.25) is 0 Å². The highest BCUT2D eigenvalue weighted by molar-refractivity contribution is 7.46. The molecule has 10 atom stereocenters. The molecule has 0 aliphatic carbocycles. The van der Waals surface area contributed by atoms with E-state index in [2.05, 4.69) is 30.2 Å². The lowest BCUT2D eigenvalue weighted by Crippen LogP contribution is -2.59. The highest BCUT2D eigenvalue weighted by atomic mass is 31.2. The average molecular weight is 696 g/mol. The van der Waals surface area contributed by atoms with Crippen LogP contribution in [0.25, 0.3) is 0 Å². The maximum absolute atomic E-state index is 10.9. The van der Waals surface area contributed by atoms with Crippen molar-refractivity contribution in [2.75, 3.05) is 59.3 Å². The molecule has 0 radical (unpaired) electrons. The predicted molar refractivity (Wildman–Crippen MR) is 162 cm³/mol. The summed E-state index contributed by atoms with van der Waals surface area (Å²) in [6.45, 7) is 9.53. The van der Waals surface area contributed by atoms with Crippen molar-refractivity contribution < 1.29 is 78.3 Å². The molecule has 0 aromatic carbocycles. The van der Waals surface area contributed by atoms with Gasteiger partial charge >= 0.3 is 7.82 Å². The van der Waals surface area contributed by atoms with E-state index in [0.717, 1.165) is 0 Å². The molecule has 0 aromatic rings.